The molecule has 18 heavy (non-hydrogen) atoms. The van der Waals surface area contributed by atoms with Crippen molar-refractivity contribution in [2.45, 2.75) is 18.9 Å². The molecular weight excluding hydrogens is 238 g/mol. The fourth-order valence-corrected chi connectivity index (χ4v) is 1.83. The van der Waals surface area contributed by atoms with Gasteiger partial charge in [-0.15, -0.1) is 0 Å². The number of nitrogens with two attached hydrogens (primary N) is 1. The minimum atomic E-state index is -0.842. The molecule has 0 aliphatic rings. The summed E-state index contributed by atoms with van der Waals surface area (Å²) in [6.45, 7) is 0. The van der Waals surface area contributed by atoms with Crippen LogP contribution in [-0.4, -0.2) is 6.04 Å². The molecule has 0 aliphatic heterocycles. The van der Waals surface area contributed by atoms with E-state index >= 15 is 0 Å². The van der Waals surface area contributed by atoms with Gasteiger partial charge in [-0.3, -0.25) is 11.3 Å². The number of halogens is 2. The Hall–Kier alpha value is -1.72. The average Bonchev–Trinajstić information content (AvgIpc) is 2.86. The molecule has 1 aromatic heterocycles. The Bertz CT molecular complexity index is 500. The van der Waals surface area contributed by atoms with Gasteiger partial charge in [0.25, 0.3) is 0 Å². The third-order valence-corrected chi connectivity index (χ3v) is 2.76. The van der Waals surface area contributed by atoms with Crippen LogP contribution in [0.2, 0.25) is 0 Å². The van der Waals surface area contributed by atoms with E-state index in [1.165, 1.54) is 6.07 Å². The van der Waals surface area contributed by atoms with Crippen LogP contribution < -0.4 is 11.3 Å². The van der Waals surface area contributed by atoms with Crippen LogP contribution in [0.1, 0.15) is 11.1 Å². The molecule has 5 heteroatoms. The zero-order chi connectivity index (χ0) is 13.0. The van der Waals surface area contributed by atoms with E-state index in [-0.39, 0.29) is 6.04 Å². The van der Waals surface area contributed by atoms with Gasteiger partial charge in [-0.1, -0.05) is 6.07 Å². The number of benzene rings is 1. The molecule has 1 heterocycles. The summed E-state index contributed by atoms with van der Waals surface area (Å²) in [5.74, 6) is 3.77. The van der Waals surface area contributed by atoms with Crippen molar-refractivity contribution in [1.82, 2.24) is 5.43 Å². The number of nitrogens with one attached hydrogen (secondary N) is 1. The maximum atomic E-state index is 13.1. The molecule has 0 saturated carbocycles. The van der Waals surface area contributed by atoms with Crippen LogP contribution in [0, 0.1) is 11.6 Å². The maximum absolute atomic E-state index is 13.1. The van der Waals surface area contributed by atoms with Crippen LogP contribution in [-0.2, 0) is 12.8 Å². The van der Waals surface area contributed by atoms with Crippen LogP contribution in [0.4, 0.5) is 8.78 Å². The fraction of sp³-hybridized carbons (Fsp3) is 0.231. The highest BCUT2D eigenvalue weighted by Gasteiger charge is 2.11. The summed E-state index contributed by atoms with van der Waals surface area (Å²) in [6, 6.07) is 5.64. The van der Waals surface area contributed by atoms with Gasteiger partial charge in [-0.25, -0.2) is 8.78 Å². The van der Waals surface area contributed by atoms with Crippen molar-refractivity contribution in [2.24, 2.45) is 5.84 Å². The van der Waals surface area contributed by atoms with E-state index in [0.29, 0.717) is 18.4 Å². The maximum Gasteiger partial charge on any atom is 0.159 e. The van der Waals surface area contributed by atoms with Gasteiger partial charge in [0.15, 0.2) is 11.6 Å². The third kappa shape index (κ3) is 3.15. The summed E-state index contributed by atoms with van der Waals surface area (Å²) in [5.41, 5.74) is 4.36. The molecule has 3 N–H and O–H groups in total. The van der Waals surface area contributed by atoms with Crippen LogP contribution in [0.15, 0.2) is 41.2 Å². The molecule has 0 spiro atoms. The van der Waals surface area contributed by atoms with Gasteiger partial charge in [0.05, 0.1) is 12.5 Å². The second-order valence-electron chi connectivity index (χ2n) is 4.15. The first-order valence-corrected chi connectivity index (χ1v) is 5.60. The number of rotatable bonds is 5. The normalized spacial score (nSPS) is 12.6. The van der Waals surface area contributed by atoms with Crippen LogP contribution in [0.3, 0.4) is 0 Å². The first-order chi connectivity index (χ1) is 8.69. The Labute approximate surface area is 104 Å². The van der Waals surface area contributed by atoms with Gasteiger partial charge >= 0.3 is 0 Å². The summed E-state index contributed by atoms with van der Waals surface area (Å²) < 4.78 is 30.8. The first-order valence-electron chi connectivity index (χ1n) is 5.60. The van der Waals surface area contributed by atoms with Crippen molar-refractivity contribution in [3.05, 3.63) is 59.6 Å². The molecule has 0 aliphatic carbocycles. The zero-order valence-electron chi connectivity index (χ0n) is 9.70. The lowest BCUT2D eigenvalue weighted by Crippen LogP contribution is -2.38. The molecular formula is C13H14F2N2O. The van der Waals surface area contributed by atoms with Crippen LogP contribution >= 0.6 is 0 Å². The van der Waals surface area contributed by atoms with Crippen LogP contribution in [0.5, 0.6) is 0 Å². The second kappa shape index (κ2) is 5.75. The monoisotopic (exact) mass is 252 g/mol. The molecule has 2 aromatic rings. The number of hydrogen-bond acceptors (Lipinski definition) is 3. The average molecular weight is 252 g/mol. The van der Waals surface area contributed by atoms with E-state index in [9.17, 15) is 8.78 Å². The number of furan rings is 1. The molecule has 96 valence electrons. The zero-order valence-corrected chi connectivity index (χ0v) is 9.70. The lowest BCUT2D eigenvalue weighted by atomic mass is 10.0. The molecule has 0 fully saturated rings. The quantitative estimate of drug-likeness (QED) is 0.633. The predicted octanol–water partition coefficient (Wildman–Crippen LogP) is 2.17. The predicted molar refractivity (Wildman–Crippen MR) is 63.6 cm³/mol. The van der Waals surface area contributed by atoms with Crippen molar-refractivity contribution in [3.8, 4) is 0 Å². The van der Waals surface area contributed by atoms with E-state index < -0.39 is 11.6 Å². The standard InChI is InChI=1S/C13H14F2N2O/c14-12-2-1-9(7-13(12)15)5-11(17-16)6-10-3-4-18-8-10/h1-4,7-8,11,17H,5-6,16H2. The molecule has 1 atom stereocenters. The molecule has 2 rings (SSSR count). The largest absolute Gasteiger partial charge is 0.472 e. The lowest BCUT2D eigenvalue weighted by Gasteiger charge is -2.15. The summed E-state index contributed by atoms with van der Waals surface area (Å²) in [7, 11) is 0. The van der Waals surface area contributed by atoms with Gasteiger partial charge < -0.3 is 4.42 Å². The van der Waals surface area contributed by atoms with Gasteiger partial charge in [-0.2, -0.15) is 0 Å². The van der Waals surface area contributed by atoms with Gasteiger partial charge in [0.2, 0.25) is 0 Å². The Morgan fingerprint density at radius 3 is 2.50 bits per heavy atom. The minimum absolute atomic E-state index is 0.0625. The molecule has 0 saturated heterocycles. The molecule has 0 amide bonds. The topological polar surface area (TPSA) is 51.2 Å². The van der Waals surface area contributed by atoms with Crippen molar-refractivity contribution in [3.63, 3.8) is 0 Å². The van der Waals surface area contributed by atoms with E-state index in [1.54, 1.807) is 18.6 Å². The van der Waals surface area contributed by atoms with Crippen molar-refractivity contribution >= 4 is 0 Å². The summed E-state index contributed by atoms with van der Waals surface area (Å²) in [4.78, 5) is 0. The molecule has 3 nitrogen and oxygen atoms in total. The first kappa shape index (κ1) is 12.7. The molecule has 0 bridgehead atoms. The molecule has 0 radical (unpaired) electrons. The summed E-state index contributed by atoms with van der Waals surface area (Å²) >= 11 is 0. The number of hydrogen-bond donors (Lipinski definition) is 2. The van der Waals surface area contributed by atoms with Gasteiger partial charge in [0, 0.05) is 6.04 Å². The van der Waals surface area contributed by atoms with Crippen molar-refractivity contribution in [2.75, 3.05) is 0 Å². The highest BCUT2D eigenvalue weighted by molar-refractivity contribution is 5.19. The van der Waals surface area contributed by atoms with E-state index in [1.807, 2.05) is 6.07 Å². The summed E-state index contributed by atoms with van der Waals surface area (Å²) in [6.07, 6.45) is 4.39. The van der Waals surface area contributed by atoms with Crippen molar-refractivity contribution < 1.29 is 13.2 Å². The highest BCUT2D eigenvalue weighted by atomic mass is 19.2. The van der Waals surface area contributed by atoms with E-state index in [2.05, 4.69) is 5.43 Å². The second-order valence-corrected chi connectivity index (χ2v) is 4.15. The van der Waals surface area contributed by atoms with Gasteiger partial charge in [-0.05, 0) is 42.2 Å². The van der Waals surface area contributed by atoms with E-state index in [4.69, 9.17) is 10.3 Å². The lowest BCUT2D eigenvalue weighted by molar-refractivity contribution is 0.496. The smallest absolute Gasteiger partial charge is 0.159 e. The summed E-state index contributed by atoms with van der Waals surface area (Å²) in [5, 5.41) is 0. The van der Waals surface area contributed by atoms with Crippen molar-refractivity contribution in [1.29, 1.82) is 0 Å². The Kier molecular flexibility index (Phi) is 4.07. The van der Waals surface area contributed by atoms with Crippen LogP contribution in [0.25, 0.3) is 0 Å². The Balaban J connectivity index is 2.03. The number of hydrazine groups is 1. The molecule has 1 aromatic carbocycles. The Morgan fingerprint density at radius 2 is 1.89 bits per heavy atom. The fourth-order valence-electron chi connectivity index (χ4n) is 1.83. The Morgan fingerprint density at radius 1 is 1.11 bits per heavy atom. The minimum Gasteiger partial charge on any atom is -0.472 e. The van der Waals surface area contributed by atoms with E-state index in [0.717, 1.165) is 11.6 Å². The third-order valence-electron chi connectivity index (χ3n) is 2.76. The highest BCUT2D eigenvalue weighted by Crippen LogP contribution is 2.12. The SMILES string of the molecule is NNC(Cc1ccoc1)Cc1ccc(F)c(F)c1. The molecule has 1 unspecified atom stereocenters. The van der Waals surface area contributed by atoms with Gasteiger partial charge in [0.1, 0.15) is 0 Å².